The third-order valence-electron chi connectivity index (χ3n) is 2.10. The van der Waals surface area contributed by atoms with Gasteiger partial charge in [0.1, 0.15) is 5.03 Å². The molecule has 0 spiro atoms. The molecule has 2 heterocycles. The molecular weight excluding hydrogens is 272 g/mol. The maximum absolute atomic E-state index is 8.72. The van der Waals surface area contributed by atoms with Gasteiger partial charge in [0.25, 0.3) is 0 Å². The van der Waals surface area contributed by atoms with Gasteiger partial charge in [0.2, 0.25) is 0 Å². The summed E-state index contributed by atoms with van der Waals surface area (Å²) in [5.41, 5.74) is 6.17. The van der Waals surface area contributed by atoms with Crippen molar-refractivity contribution in [1.29, 1.82) is 0 Å². The van der Waals surface area contributed by atoms with Crippen molar-refractivity contribution in [1.82, 2.24) is 9.97 Å². The van der Waals surface area contributed by atoms with Crippen LogP contribution in [0.4, 0.5) is 0 Å². The molecule has 18 heavy (non-hydrogen) atoms. The minimum Gasteiger partial charge on any atom is -0.409 e. The van der Waals surface area contributed by atoms with Crippen molar-refractivity contribution in [3.63, 3.8) is 0 Å². The van der Waals surface area contributed by atoms with Crippen LogP contribution in [0.5, 0.6) is 0 Å². The number of halogens is 1. The Balaban J connectivity index is 2.38. The highest BCUT2D eigenvalue weighted by Gasteiger charge is 2.11. The summed E-state index contributed by atoms with van der Waals surface area (Å²) in [5, 5.41) is 12.9. The van der Waals surface area contributed by atoms with E-state index in [2.05, 4.69) is 15.1 Å². The SMILES string of the molecule is N/C(=N/O)c1ccncc1Sc1ncccc1Cl. The van der Waals surface area contributed by atoms with E-state index >= 15 is 0 Å². The number of hydrogen-bond acceptors (Lipinski definition) is 5. The lowest BCUT2D eigenvalue weighted by molar-refractivity contribution is 0.318. The van der Waals surface area contributed by atoms with Crippen LogP contribution in [0, 0.1) is 0 Å². The summed E-state index contributed by atoms with van der Waals surface area (Å²) in [7, 11) is 0. The van der Waals surface area contributed by atoms with Crippen LogP contribution in [0.25, 0.3) is 0 Å². The summed E-state index contributed by atoms with van der Waals surface area (Å²) < 4.78 is 0. The van der Waals surface area contributed by atoms with Gasteiger partial charge in [-0.25, -0.2) is 4.98 Å². The van der Waals surface area contributed by atoms with Gasteiger partial charge >= 0.3 is 0 Å². The Morgan fingerprint density at radius 2 is 2.22 bits per heavy atom. The first-order chi connectivity index (χ1) is 8.72. The van der Waals surface area contributed by atoms with Crippen LogP contribution in [0.1, 0.15) is 5.56 Å². The molecule has 2 aromatic heterocycles. The van der Waals surface area contributed by atoms with Gasteiger partial charge < -0.3 is 10.9 Å². The van der Waals surface area contributed by atoms with Gasteiger partial charge in [-0.05, 0) is 18.2 Å². The van der Waals surface area contributed by atoms with E-state index in [-0.39, 0.29) is 5.84 Å². The summed E-state index contributed by atoms with van der Waals surface area (Å²) in [6.07, 6.45) is 4.83. The Labute approximate surface area is 113 Å². The zero-order valence-electron chi connectivity index (χ0n) is 9.12. The minimum absolute atomic E-state index is 0.0203. The molecule has 0 aromatic carbocycles. The Bertz CT molecular complexity index is 591. The molecule has 0 saturated heterocycles. The molecule has 3 N–H and O–H groups in total. The van der Waals surface area contributed by atoms with Gasteiger partial charge in [-0.3, -0.25) is 4.98 Å². The van der Waals surface area contributed by atoms with E-state index in [9.17, 15) is 0 Å². The predicted octanol–water partition coefficient (Wildman–Crippen LogP) is 2.38. The molecule has 5 nitrogen and oxygen atoms in total. The summed E-state index contributed by atoms with van der Waals surface area (Å²) in [5.74, 6) is 0.0203. The first-order valence-electron chi connectivity index (χ1n) is 4.92. The van der Waals surface area contributed by atoms with Gasteiger partial charge in [0, 0.05) is 29.0 Å². The van der Waals surface area contributed by atoms with Gasteiger partial charge in [-0.1, -0.05) is 28.5 Å². The van der Waals surface area contributed by atoms with Crippen molar-refractivity contribution in [3.8, 4) is 0 Å². The molecule has 0 aliphatic carbocycles. The Morgan fingerprint density at radius 3 is 2.94 bits per heavy atom. The van der Waals surface area contributed by atoms with E-state index in [0.29, 0.717) is 20.5 Å². The topological polar surface area (TPSA) is 84.4 Å². The van der Waals surface area contributed by atoms with E-state index in [1.807, 2.05) is 0 Å². The van der Waals surface area contributed by atoms with Crippen LogP contribution in [-0.4, -0.2) is 21.0 Å². The quantitative estimate of drug-likeness (QED) is 0.390. The Kier molecular flexibility index (Phi) is 4.01. The smallest absolute Gasteiger partial charge is 0.171 e. The van der Waals surface area contributed by atoms with Crippen LogP contribution in [0.2, 0.25) is 5.02 Å². The third-order valence-corrected chi connectivity index (χ3v) is 3.58. The number of aromatic nitrogens is 2. The zero-order valence-corrected chi connectivity index (χ0v) is 10.7. The second-order valence-corrected chi connectivity index (χ2v) is 4.69. The number of pyridine rings is 2. The first-order valence-corrected chi connectivity index (χ1v) is 6.12. The fraction of sp³-hybridized carbons (Fsp3) is 0. The monoisotopic (exact) mass is 280 g/mol. The fourth-order valence-corrected chi connectivity index (χ4v) is 2.40. The Morgan fingerprint density at radius 1 is 1.39 bits per heavy atom. The van der Waals surface area contributed by atoms with Crippen molar-refractivity contribution in [3.05, 3.63) is 47.4 Å². The number of nitrogens with two attached hydrogens (primary N) is 1. The van der Waals surface area contributed by atoms with Crippen LogP contribution >= 0.6 is 23.4 Å². The lowest BCUT2D eigenvalue weighted by Crippen LogP contribution is -2.14. The van der Waals surface area contributed by atoms with Gasteiger partial charge in [-0.15, -0.1) is 0 Å². The average Bonchev–Trinajstić information content (AvgIpc) is 2.41. The molecule has 92 valence electrons. The van der Waals surface area contributed by atoms with E-state index in [1.54, 1.807) is 36.8 Å². The molecule has 0 amide bonds. The average molecular weight is 281 g/mol. The van der Waals surface area contributed by atoms with Crippen LogP contribution < -0.4 is 5.73 Å². The minimum atomic E-state index is 0.0203. The second-order valence-electron chi connectivity index (χ2n) is 3.25. The maximum Gasteiger partial charge on any atom is 0.171 e. The summed E-state index contributed by atoms with van der Waals surface area (Å²) >= 11 is 7.33. The Hall–Kier alpha value is -1.79. The molecule has 2 aromatic rings. The van der Waals surface area contributed by atoms with Crippen molar-refractivity contribution in [2.45, 2.75) is 9.92 Å². The molecule has 0 unspecified atom stereocenters. The van der Waals surface area contributed by atoms with Crippen molar-refractivity contribution >= 4 is 29.2 Å². The fourth-order valence-electron chi connectivity index (χ4n) is 1.28. The largest absolute Gasteiger partial charge is 0.409 e. The van der Waals surface area contributed by atoms with Gasteiger partial charge in [-0.2, -0.15) is 0 Å². The number of oxime groups is 1. The van der Waals surface area contributed by atoms with Crippen LogP contribution in [-0.2, 0) is 0 Å². The molecule has 0 bridgehead atoms. The highest BCUT2D eigenvalue weighted by atomic mass is 35.5. The molecular formula is C11H9ClN4OS. The third kappa shape index (κ3) is 2.72. The number of hydrogen-bond donors (Lipinski definition) is 2. The lowest BCUT2D eigenvalue weighted by atomic mass is 10.2. The molecule has 7 heteroatoms. The zero-order chi connectivity index (χ0) is 13.0. The lowest BCUT2D eigenvalue weighted by Gasteiger charge is -2.07. The van der Waals surface area contributed by atoms with E-state index in [4.69, 9.17) is 22.5 Å². The summed E-state index contributed by atoms with van der Waals surface area (Å²) in [6, 6.07) is 5.16. The number of nitrogens with zero attached hydrogens (tertiary/aromatic N) is 3. The molecule has 2 rings (SSSR count). The molecule has 0 atom stereocenters. The molecule has 0 saturated carbocycles. The van der Waals surface area contributed by atoms with Crippen LogP contribution in [0.3, 0.4) is 0 Å². The van der Waals surface area contributed by atoms with Crippen LogP contribution in [0.15, 0.2) is 51.9 Å². The molecule has 0 aliphatic heterocycles. The van der Waals surface area contributed by atoms with Gasteiger partial charge in [0.15, 0.2) is 5.84 Å². The van der Waals surface area contributed by atoms with E-state index < -0.39 is 0 Å². The highest BCUT2D eigenvalue weighted by Crippen LogP contribution is 2.32. The number of rotatable bonds is 3. The van der Waals surface area contributed by atoms with Crippen molar-refractivity contribution < 1.29 is 5.21 Å². The van der Waals surface area contributed by atoms with Gasteiger partial charge in [0.05, 0.1) is 5.02 Å². The van der Waals surface area contributed by atoms with E-state index in [1.165, 1.54) is 11.8 Å². The van der Waals surface area contributed by atoms with Crippen molar-refractivity contribution in [2.24, 2.45) is 10.9 Å². The first kappa shape index (κ1) is 12.7. The normalized spacial score (nSPS) is 11.5. The molecule has 0 fully saturated rings. The maximum atomic E-state index is 8.72. The number of amidine groups is 1. The second kappa shape index (κ2) is 5.70. The van der Waals surface area contributed by atoms with E-state index in [0.717, 1.165) is 0 Å². The standard InChI is InChI=1S/C11H9ClN4OS/c12-8-2-1-4-15-11(8)18-9-6-14-5-3-7(9)10(13)16-17/h1-6,17H,(H2,13,16). The molecule has 0 aliphatic rings. The summed E-state index contributed by atoms with van der Waals surface area (Å²) in [4.78, 5) is 8.88. The van der Waals surface area contributed by atoms with Crippen molar-refractivity contribution in [2.75, 3.05) is 0 Å². The predicted molar refractivity (Wildman–Crippen MR) is 70.1 cm³/mol. The summed E-state index contributed by atoms with van der Waals surface area (Å²) in [6.45, 7) is 0. The molecule has 0 radical (unpaired) electrons. The highest BCUT2D eigenvalue weighted by molar-refractivity contribution is 7.99.